The number of benzene rings is 1. The highest BCUT2D eigenvalue weighted by molar-refractivity contribution is 7.13. The van der Waals surface area contributed by atoms with Gasteiger partial charge in [0.2, 0.25) is 10.6 Å². The smallest absolute Gasteiger partial charge is 0.237 e. The summed E-state index contributed by atoms with van der Waals surface area (Å²) < 4.78 is -0.168. The fourth-order valence-electron chi connectivity index (χ4n) is 1.46. The van der Waals surface area contributed by atoms with Crippen LogP contribution in [0.15, 0.2) is 41.3 Å². The Morgan fingerprint density at radius 2 is 2.06 bits per heavy atom. The molecule has 0 aliphatic carbocycles. The summed E-state index contributed by atoms with van der Waals surface area (Å²) in [4.78, 5) is 28.5. The van der Waals surface area contributed by atoms with Gasteiger partial charge in [0.1, 0.15) is 0 Å². The topological polar surface area (TPSA) is 50.3 Å². The van der Waals surface area contributed by atoms with Gasteiger partial charge in [-0.15, -0.1) is 0 Å². The average molecular weight is 281 g/mol. The Kier molecular flexibility index (Phi) is 3.74. The van der Waals surface area contributed by atoms with Gasteiger partial charge in [0.05, 0.1) is 10.7 Å². The van der Waals surface area contributed by atoms with Gasteiger partial charge in [-0.2, -0.15) is 0 Å². The molecule has 0 saturated heterocycles. The van der Waals surface area contributed by atoms with Crippen LogP contribution in [0.1, 0.15) is 6.92 Å². The van der Waals surface area contributed by atoms with Gasteiger partial charge in [-0.05, 0) is 12.1 Å². The van der Waals surface area contributed by atoms with Gasteiger partial charge in [-0.25, -0.2) is 4.98 Å². The summed E-state index contributed by atoms with van der Waals surface area (Å²) in [5.41, 5.74) is 0.515. The van der Waals surface area contributed by atoms with E-state index < -0.39 is 0 Å². The molecule has 0 N–H and O–H groups in total. The van der Waals surface area contributed by atoms with Crippen molar-refractivity contribution in [2.24, 2.45) is 0 Å². The highest BCUT2D eigenvalue weighted by Gasteiger charge is 2.18. The van der Waals surface area contributed by atoms with Crippen molar-refractivity contribution < 1.29 is 4.79 Å². The largest absolute Gasteiger partial charge is 0.278 e. The average Bonchev–Trinajstić information content (AvgIpc) is 2.32. The minimum Gasteiger partial charge on any atom is -0.278 e. The molecule has 2 aromatic rings. The zero-order valence-electron chi connectivity index (χ0n) is 9.46. The Bertz CT molecular complexity index is 642. The lowest BCUT2D eigenvalue weighted by Crippen LogP contribution is -2.24. The molecule has 1 amide bonds. The van der Waals surface area contributed by atoms with Crippen LogP contribution in [0.25, 0.3) is 0 Å². The van der Waals surface area contributed by atoms with Crippen LogP contribution in [0.4, 0.5) is 10.8 Å². The fraction of sp³-hybridized carbons (Fsp3) is 0.0833. The van der Waals surface area contributed by atoms with E-state index in [1.807, 2.05) is 0 Å². The lowest BCUT2D eigenvalue weighted by atomic mass is 10.3. The maximum Gasteiger partial charge on any atom is 0.237 e. The van der Waals surface area contributed by atoms with Crippen molar-refractivity contribution in [3.05, 3.63) is 51.1 Å². The highest BCUT2D eigenvalue weighted by atomic mass is 35.5. The molecule has 1 heterocycles. The summed E-state index contributed by atoms with van der Waals surface area (Å²) in [5, 5.41) is 0.737. The molecule has 0 spiro atoms. The van der Waals surface area contributed by atoms with E-state index in [-0.39, 0.29) is 10.6 Å². The Labute approximate surface area is 112 Å². The molecule has 92 valence electrons. The molecule has 0 radical (unpaired) electrons. The number of amides is 1. The molecule has 0 fully saturated rings. The predicted octanol–water partition coefficient (Wildman–Crippen LogP) is 2.84. The molecule has 4 nitrogen and oxygen atoms in total. The lowest BCUT2D eigenvalue weighted by Gasteiger charge is -2.19. The Morgan fingerprint density at radius 1 is 1.33 bits per heavy atom. The normalized spacial score (nSPS) is 10.1. The number of hydrogen-bond donors (Lipinski definition) is 0. The molecular weight excluding hydrogens is 272 g/mol. The summed E-state index contributed by atoms with van der Waals surface area (Å²) >= 11 is 6.95. The third-order valence-corrected chi connectivity index (χ3v) is 3.31. The van der Waals surface area contributed by atoms with Crippen LogP contribution >= 0.6 is 22.9 Å². The zero-order chi connectivity index (χ0) is 13.1. The first-order chi connectivity index (χ1) is 8.59. The third kappa shape index (κ3) is 2.57. The van der Waals surface area contributed by atoms with Crippen molar-refractivity contribution in [2.75, 3.05) is 4.90 Å². The molecule has 18 heavy (non-hydrogen) atoms. The number of aromatic nitrogens is 1. The second-order valence-corrected chi connectivity index (χ2v) is 4.83. The number of rotatable bonds is 2. The maximum atomic E-state index is 11.7. The van der Waals surface area contributed by atoms with Gasteiger partial charge in [0.15, 0.2) is 5.13 Å². The van der Waals surface area contributed by atoms with Gasteiger partial charge < -0.3 is 0 Å². The first-order valence-corrected chi connectivity index (χ1v) is 6.30. The molecule has 0 aliphatic heterocycles. The standard InChI is InChI=1S/C12H9ClN2O2S/c1-8(16)15(10-5-3-2-4-9(10)13)12-14-7-6-11(17)18-12/h2-7H,1H3. The van der Waals surface area contributed by atoms with Crippen LogP contribution in [0.3, 0.4) is 0 Å². The molecule has 1 aromatic carbocycles. The van der Waals surface area contributed by atoms with Gasteiger partial charge in [-0.3, -0.25) is 14.5 Å². The summed E-state index contributed by atoms with van der Waals surface area (Å²) in [6, 6.07) is 8.27. The lowest BCUT2D eigenvalue weighted by molar-refractivity contribution is -0.115. The van der Waals surface area contributed by atoms with Gasteiger partial charge >= 0.3 is 0 Å². The van der Waals surface area contributed by atoms with Crippen molar-refractivity contribution in [2.45, 2.75) is 6.92 Å². The van der Waals surface area contributed by atoms with Crippen molar-refractivity contribution in [1.82, 2.24) is 4.98 Å². The van der Waals surface area contributed by atoms with Crippen LogP contribution in [-0.4, -0.2) is 10.9 Å². The summed E-state index contributed by atoms with van der Waals surface area (Å²) in [6.07, 6.45) is 1.38. The molecule has 6 heteroatoms. The molecular formula is C12H9ClN2O2S. The monoisotopic (exact) mass is 280 g/mol. The number of carbonyl (C=O) groups excluding carboxylic acids is 1. The number of halogens is 1. The van der Waals surface area contributed by atoms with Gasteiger partial charge in [-0.1, -0.05) is 35.1 Å². The van der Waals surface area contributed by atoms with Gasteiger partial charge in [0.25, 0.3) is 0 Å². The van der Waals surface area contributed by atoms with Crippen LogP contribution < -0.4 is 9.64 Å². The first-order valence-electron chi connectivity index (χ1n) is 5.11. The van der Waals surface area contributed by atoms with Crippen LogP contribution in [0, 0.1) is 0 Å². The summed E-state index contributed by atoms with van der Waals surface area (Å²) in [6.45, 7) is 1.40. The fourth-order valence-corrected chi connectivity index (χ4v) is 2.42. The molecule has 1 aromatic heterocycles. The number of nitrogens with zero attached hydrogens (tertiary/aromatic N) is 2. The Morgan fingerprint density at radius 3 is 2.67 bits per heavy atom. The van der Waals surface area contributed by atoms with E-state index in [4.69, 9.17) is 11.6 Å². The van der Waals surface area contributed by atoms with Crippen molar-refractivity contribution in [1.29, 1.82) is 0 Å². The molecule has 0 atom stereocenters. The van der Waals surface area contributed by atoms with Crippen molar-refractivity contribution >= 4 is 39.7 Å². The highest BCUT2D eigenvalue weighted by Crippen LogP contribution is 2.31. The second-order valence-electron chi connectivity index (χ2n) is 3.45. The van der Waals surface area contributed by atoms with E-state index in [0.717, 1.165) is 11.3 Å². The predicted molar refractivity (Wildman–Crippen MR) is 72.7 cm³/mol. The number of anilines is 2. The molecule has 2 rings (SSSR count). The van der Waals surface area contributed by atoms with Gasteiger partial charge in [0, 0.05) is 19.2 Å². The SMILES string of the molecule is CC(=O)N(c1nccc(=O)s1)c1ccccc1Cl. The third-order valence-electron chi connectivity index (χ3n) is 2.19. The van der Waals surface area contributed by atoms with E-state index in [1.165, 1.54) is 24.1 Å². The van der Waals surface area contributed by atoms with Crippen molar-refractivity contribution in [3.63, 3.8) is 0 Å². The van der Waals surface area contributed by atoms with Crippen LogP contribution in [0.5, 0.6) is 0 Å². The summed E-state index contributed by atoms with van der Waals surface area (Å²) in [7, 11) is 0. The summed E-state index contributed by atoms with van der Waals surface area (Å²) in [5.74, 6) is -0.252. The van der Waals surface area contributed by atoms with E-state index in [1.54, 1.807) is 24.3 Å². The molecule has 0 bridgehead atoms. The Balaban J connectivity index is 2.57. The van der Waals surface area contributed by atoms with Crippen LogP contribution in [0.2, 0.25) is 5.02 Å². The number of hydrogen-bond acceptors (Lipinski definition) is 4. The zero-order valence-corrected chi connectivity index (χ0v) is 11.0. The van der Waals surface area contributed by atoms with E-state index >= 15 is 0 Å². The minimum atomic E-state index is -0.252. The van der Waals surface area contributed by atoms with Crippen LogP contribution in [-0.2, 0) is 4.79 Å². The van der Waals surface area contributed by atoms with Crippen molar-refractivity contribution in [3.8, 4) is 0 Å². The molecule has 0 aliphatic rings. The molecule has 0 unspecified atom stereocenters. The molecule has 0 saturated carbocycles. The van der Waals surface area contributed by atoms with E-state index in [2.05, 4.69) is 4.98 Å². The maximum absolute atomic E-state index is 11.7. The number of carbonyl (C=O) groups is 1. The minimum absolute atomic E-state index is 0.168. The first kappa shape index (κ1) is 12.7. The number of para-hydroxylation sites is 1. The Hall–Kier alpha value is -1.72. The quantitative estimate of drug-likeness (QED) is 0.850. The van der Waals surface area contributed by atoms with E-state index in [0.29, 0.717) is 15.8 Å². The van der Waals surface area contributed by atoms with E-state index in [9.17, 15) is 9.59 Å². The second kappa shape index (κ2) is 5.29.